The van der Waals surface area contributed by atoms with E-state index < -0.39 is 31.1 Å². The molecule has 0 aliphatic carbocycles. The van der Waals surface area contributed by atoms with Gasteiger partial charge in [0.05, 0.1) is 6.54 Å². The highest BCUT2D eigenvalue weighted by Gasteiger charge is 2.46. The van der Waals surface area contributed by atoms with Crippen molar-refractivity contribution in [3.8, 4) is 5.69 Å². The standard InChI is InChI=1S/C13H17N2.C2F6NO4S2/c1-3-12-7-5-6-8-13(12)15-10-9-14(4-2)11-15;3-1(4,5)14(10,11)9-15(12,13)2(6,7)8/h5-11H,3-4H2,1-2H3;/q+1;-1. The van der Waals surface area contributed by atoms with Crippen molar-refractivity contribution in [2.45, 2.75) is 37.8 Å². The van der Waals surface area contributed by atoms with Gasteiger partial charge in [-0.25, -0.2) is 26.0 Å². The van der Waals surface area contributed by atoms with Crippen molar-refractivity contribution < 1.29 is 47.7 Å². The van der Waals surface area contributed by atoms with Gasteiger partial charge in [0, 0.05) is 0 Å². The molecule has 15 heteroatoms. The molecule has 7 nitrogen and oxygen atoms in total. The van der Waals surface area contributed by atoms with E-state index in [1.165, 1.54) is 11.3 Å². The molecule has 0 N–H and O–H groups in total. The lowest BCUT2D eigenvalue weighted by atomic mass is 10.1. The number of aryl methyl sites for hydroxylation is 2. The van der Waals surface area contributed by atoms with Crippen LogP contribution in [-0.4, -0.2) is 32.4 Å². The minimum absolute atomic E-state index is 0.778. The van der Waals surface area contributed by atoms with Crippen molar-refractivity contribution in [2.75, 3.05) is 0 Å². The fourth-order valence-corrected chi connectivity index (χ4v) is 3.71. The maximum atomic E-state index is 11.4. The molecule has 0 saturated carbocycles. The molecular formula is C15H17F6N3O4S2. The normalized spacial score (nSPS) is 12.9. The molecule has 2 rings (SSSR count). The largest absolute Gasteiger partial charge is 0.480 e. The highest BCUT2D eigenvalue weighted by molar-refractivity contribution is 8.13. The SMILES string of the molecule is CCc1ccccc1-n1cc[n+](CC)c1.O=S(=O)([N-]S(=O)(=O)C(F)(F)F)C(F)(F)F. The van der Waals surface area contributed by atoms with E-state index in [1.807, 2.05) is 0 Å². The number of hydrogen-bond donors (Lipinski definition) is 0. The highest BCUT2D eigenvalue weighted by atomic mass is 32.3. The maximum Gasteiger partial charge on any atom is 0.480 e. The fraction of sp³-hybridized carbons (Fsp3) is 0.400. The van der Waals surface area contributed by atoms with Crippen LogP contribution in [0.15, 0.2) is 43.0 Å². The summed E-state index contributed by atoms with van der Waals surface area (Å²) < 4.78 is 114. The van der Waals surface area contributed by atoms with Crippen LogP contribution in [0, 0.1) is 0 Å². The van der Waals surface area contributed by atoms with Gasteiger partial charge in [0.1, 0.15) is 18.1 Å². The summed E-state index contributed by atoms with van der Waals surface area (Å²) in [6.07, 6.45) is 7.42. The van der Waals surface area contributed by atoms with Gasteiger partial charge in [-0.2, -0.15) is 26.3 Å². The molecule has 0 atom stereocenters. The van der Waals surface area contributed by atoms with Crippen LogP contribution in [0.5, 0.6) is 0 Å². The summed E-state index contributed by atoms with van der Waals surface area (Å²) in [5.74, 6) is 0. The zero-order valence-electron chi connectivity index (χ0n) is 15.5. The summed E-state index contributed by atoms with van der Waals surface area (Å²) in [5.41, 5.74) is -9.74. The summed E-state index contributed by atoms with van der Waals surface area (Å²) in [6.45, 7) is 5.35. The molecule has 1 heterocycles. The van der Waals surface area contributed by atoms with Gasteiger partial charge >= 0.3 is 11.0 Å². The Morgan fingerprint density at radius 2 is 1.43 bits per heavy atom. The Morgan fingerprint density at radius 3 is 1.83 bits per heavy atom. The Morgan fingerprint density at radius 1 is 0.933 bits per heavy atom. The van der Waals surface area contributed by atoms with E-state index in [-0.39, 0.29) is 0 Å². The second-order valence-corrected chi connectivity index (χ2v) is 8.97. The number of alkyl halides is 6. The van der Waals surface area contributed by atoms with Gasteiger partial charge in [0.15, 0.2) is 20.0 Å². The molecule has 1 aromatic carbocycles. The van der Waals surface area contributed by atoms with Crippen LogP contribution >= 0.6 is 0 Å². The minimum Gasteiger partial charge on any atom is -0.421 e. The van der Waals surface area contributed by atoms with E-state index >= 15 is 0 Å². The third-order valence-corrected chi connectivity index (χ3v) is 6.23. The molecule has 30 heavy (non-hydrogen) atoms. The zero-order valence-corrected chi connectivity index (χ0v) is 17.1. The lowest BCUT2D eigenvalue weighted by molar-refractivity contribution is -0.692. The Labute approximate surface area is 169 Å². The van der Waals surface area contributed by atoms with E-state index in [1.54, 1.807) is 0 Å². The first-order valence-electron chi connectivity index (χ1n) is 8.08. The van der Waals surface area contributed by atoms with Crippen LogP contribution in [0.3, 0.4) is 0 Å². The van der Waals surface area contributed by atoms with E-state index in [0.717, 1.165) is 17.1 Å². The second kappa shape index (κ2) is 9.34. The van der Waals surface area contributed by atoms with Gasteiger partial charge in [-0.3, -0.25) is 0 Å². The van der Waals surface area contributed by atoms with Crippen molar-refractivity contribution in [1.82, 2.24) is 4.57 Å². The van der Waals surface area contributed by atoms with Crippen molar-refractivity contribution in [3.05, 3.63) is 52.7 Å². The van der Waals surface area contributed by atoms with Crippen molar-refractivity contribution in [2.24, 2.45) is 0 Å². The van der Waals surface area contributed by atoms with Crippen molar-refractivity contribution in [3.63, 3.8) is 0 Å². The summed E-state index contributed by atoms with van der Waals surface area (Å²) in [6, 6.07) is 8.54. The van der Waals surface area contributed by atoms with Gasteiger partial charge in [-0.15, -0.1) is 0 Å². The van der Waals surface area contributed by atoms with Crippen LogP contribution < -0.4 is 4.57 Å². The molecule has 0 amide bonds. The van der Waals surface area contributed by atoms with Crippen LogP contribution in [0.25, 0.3) is 9.81 Å². The molecule has 0 saturated heterocycles. The summed E-state index contributed by atoms with van der Waals surface area (Å²) in [5, 5.41) is 0. The topological polar surface area (TPSA) is 91.2 Å². The van der Waals surface area contributed by atoms with Gasteiger partial charge in [0.2, 0.25) is 6.33 Å². The number of halogens is 6. The number of para-hydroxylation sites is 1. The molecule has 0 bridgehead atoms. The van der Waals surface area contributed by atoms with Crippen LogP contribution in [0.2, 0.25) is 0 Å². The quantitative estimate of drug-likeness (QED) is 0.484. The van der Waals surface area contributed by atoms with Crippen LogP contribution in [-0.2, 0) is 33.0 Å². The lowest BCUT2D eigenvalue weighted by Crippen LogP contribution is -2.30. The molecule has 0 aliphatic heterocycles. The first-order chi connectivity index (χ1) is 13.6. The number of aromatic nitrogens is 2. The number of sulfonamides is 2. The van der Waals surface area contributed by atoms with E-state index in [9.17, 15) is 43.2 Å². The zero-order chi connectivity index (χ0) is 23.4. The number of imidazole rings is 1. The minimum atomic E-state index is -6.72. The molecular weight excluding hydrogens is 464 g/mol. The molecule has 0 aliphatic rings. The summed E-state index contributed by atoms with van der Waals surface area (Å²) in [4.78, 5) is 0. The fourth-order valence-electron chi connectivity index (χ4n) is 2.00. The average Bonchev–Trinajstić information content (AvgIpc) is 3.08. The van der Waals surface area contributed by atoms with E-state index in [4.69, 9.17) is 0 Å². The van der Waals surface area contributed by atoms with E-state index in [0.29, 0.717) is 0 Å². The molecule has 1 aromatic heterocycles. The summed E-state index contributed by atoms with van der Waals surface area (Å²) in [7, 11) is -13.4. The number of benzene rings is 1. The first-order valence-corrected chi connectivity index (χ1v) is 11.0. The van der Waals surface area contributed by atoms with Crippen molar-refractivity contribution >= 4 is 20.0 Å². The molecule has 0 unspecified atom stereocenters. The number of hydrogen-bond acceptors (Lipinski definition) is 4. The Hall–Kier alpha value is -2.13. The Kier molecular flexibility index (Phi) is 8.07. The second-order valence-electron chi connectivity index (χ2n) is 5.55. The van der Waals surface area contributed by atoms with E-state index in [2.05, 4.69) is 66.0 Å². The van der Waals surface area contributed by atoms with Gasteiger partial charge < -0.3 is 4.13 Å². The predicted molar refractivity (Wildman–Crippen MR) is 94.3 cm³/mol. The van der Waals surface area contributed by atoms with Crippen LogP contribution in [0.4, 0.5) is 26.3 Å². The highest BCUT2D eigenvalue weighted by Crippen LogP contribution is 2.36. The number of nitrogens with zero attached hydrogens (tertiary/aromatic N) is 3. The smallest absolute Gasteiger partial charge is 0.421 e. The Bertz CT molecular complexity index is 1020. The lowest BCUT2D eigenvalue weighted by Gasteiger charge is -2.22. The molecule has 0 radical (unpaired) electrons. The molecule has 2 aromatic rings. The molecule has 170 valence electrons. The number of rotatable bonds is 5. The predicted octanol–water partition coefficient (Wildman–Crippen LogP) is 3.41. The first kappa shape index (κ1) is 25.9. The third kappa shape index (κ3) is 6.43. The average molecular weight is 481 g/mol. The van der Waals surface area contributed by atoms with Crippen LogP contribution in [0.1, 0.15) is 19.4 Å². The van der Waals surface area contributed by atoms with Crippen molar-refractivity contribution in [1.29, 1.82) is 0 Å². The van der Waals surface area contributed by atoms with Gasteiger partial charge in [-0.05, 0) is 25.0 Å². The van der Waals surface area contributed by atoms with Gasteiger partial charge in [-0.1, -0.05) is 25.1 Å². The maximum absolute atomic E-state index is 11.4. The molecule has 0 fully saturated rings. The van der Waals surface area contributed by atoms with Gasteiger partial charge in [0.25, 0.3) is 0 Å². The third-order valence-electron chi connectivity index (χ3n) is 3.49. The molecule has 0 spiro atoms. The monoisotopic (exact) mass is 481 g/mol. The Balaban J connectivity index is 0.000000300. The summed E-state index contributed by atoms with van der Waals surface area (Å²) >= 11 is 0.